The Morgan fingerprint density at radius 1 is 1.33 bits per heavy atom. The van der Waals surface area contributed by atoms with Crippen LogP contribution in [0.4, 0.5) is 4.79 Å². The molecule has 1 aliphatic carbocycles. The summed E-state index contributed by atoms with van der Waals surface area (Å²) in [5.41, 5.74) is 0.389. The molecule has 0 aliphatic heterocycles. The Balaban J connectivity index is 0.00000137. The van der Waals surface area contributed by atoms with Gasteiger partial charge in [-0.1, -0.05) is 6.08 Å². The number of carbonyl (C=O) groups excluding carboxylic acids is 2. The first-order chi connectivity index (χ1) is 8.33. The topological polar surface area (TPSA) is 67.4 Å². The largest absolute Gasteiger partial charge is 0.444 e. The zero-order valence-corrected chi connectivity index (χ0v) is 11.9. The van der Waals surface area contributed by atoms with Crippen LogP contribution in [0, 0.1) is 0 Å². The van der Waals surface area contributed by atoms with E-state index >= 15 is 0 Å². The Morgan fingerprint density at radius 2 is 1.83 bits per heavy atom. The fourth-order valence-electron chi connectivity index (χ4n) is 1.75. The minimum absolute atomic E-state index is 0.216. The van der Waals surface area contributed by atoms with Gasteiger partial charge >= 0.3 is 6.09 Å². The summed E-state index contributed by atoms with van der Waals surface area (Å²) in [5, 5.41) is 6.05. The second-order valence-corrected chi connectivity index (χ2v) is 5.16. The molecule has 0 atom stereocenters. The molecular weight excluding hydrogens is 232 g/mol. The Hall–Kier alpha value is -1.52. The standard InChI is InChI=1S/C12H22N2O2.CH2O/c1-6-9(13-5)12(7-8-12)14-10(15)16-11(2,3)4;1-2/h6,13H,7-8H2,1-5H3,(H,14,15);1H2/b9-6+;. The average Bonchev–Trinajstić information content (AvgIpc) is 3.00. The zero-order valence-electron chi connectivity index (χ0n) is 11.9. The summed E-state index contributed by atoms with van der Waals surface area (Å²) in [5.74, 6) is 0. The normalized spacial score (nSPS) is 17.1. The number of likely N-dealkylation sites (N-methyl/N-ethyl adjacent to an activating group) is 1. The fraction of sp³-hybridized carbons (Fsp3) is 0.692. The van der Waals surface area contributed by atoms with E-state index in [1.807, 2.05) is 47.6 Å². The number of alkyl carbamates (subject to hydrolysis) is 1. The van der Waals surface area contributed by atoms with E-state index in [2.05, 4.69) is 10.6 Å². The van der Waals surface area contributed by atoms with Gasteiger partial charge in [0.1, 0.15) is 12.4 Å². The van der Waals surface area contributed by atoms with E-state index in [0.717, 1.165) is 18.5 Å². The van der Waals surface area contributed by atoms with Gasteiger partial charge in [-0.05, 0) is 40.5 Å². The number of allylic oxidation sites excluding steroid dienone is 1. The summed E-state index contributed by atoms with van der Waals surface area (Å²) in [6.07, 6.45) is 3.57. The minimum atomic E-state index is -0.449. The molecule has 1 saturated carbocycles. The molecule has 0 spiro atoms. The molecule has 0 radical (unpaired) electrons. The Morgan fingerprint density at radius 3 is 2.11 bits per heavy atom. The van der Waals surface area contributed by atoms with Crippen molar-refractivity contribution in [2.75, 3.05) is 7.05 Å². The van der Waals surface area contributed by atoms with Gasteiger partial charge in [-0.3, -0.25) is 0 Å². The number of hydrogen-bond donors (Lipinski definition) is 2. The van der Waals surface area contributed by atoms with Crippen molar-refractivity contribution in [1.29, 1.82) is 0 Å². The average molecular weight is 256 g/mol. The van der Waals surface area contributed by atoms with Crippen LogP contribution >= 0.6 is 0 Å². The predicted molar refractivity (Wildman–Crippen MR) is 71.3 cm³/mol. The molecule has 0 heterocycles. The first-order valence-corrected chi connectivity index (χ1v) is 5.97. The van der Waals surface area contributed by atoms with Crippen molar-refractivity contribution in [2.24, 2.45) is 0 Å². The van der Waals surface area contributed by atoms with Crippen LogP contribution in [0.15, 0.2) is 11.8 Å². The molecule has 18 heavy (non-hydrogen) atoms. The van der Waals surface area contributed by atoms with E-state index in [9.17, 15) is 4.79 Å². The molecule has 0 aromatic heterocycles. The third-order valence-corrected chi connectivity index (χ3v) is 2.56. The molecule has 5 heteroatoms. The maximum Gasteiger partial charge on any atom is 0.408 e. The molecule has 104 valence electrons. The van der Waals surface area contributed by atoms with Gasteiger partial charge in [-0.2, -0.15) is 0 Å². The molecule has 0 bridgehead atoms. The molecule has 1 aliphatic rings. The molecule has 1 amide bonds. The van der Waals surface area contributed by atoms with Crippen molar-refractivity contribution in [3.8, 4) is 0 Å². The van der Waals surface area contributed by atoms with Crippen molar-refractivity contribution in [3.05, 3.63) is 11.8 Å². The lowest BCUT2D eigenvalue weighted by Crippen LogP contribution is -2.44. The zero-order chi connectivity index (χ0) is 14.4. The molecular formula is C13H24N2O3. The second-order valence-electron chi connectivity index (χ2n) is 5.16. The summed E-state index contributed by atoms with van der Waals surface area (Å²) < 4.78 is 5.25. The summed E-state index contributed by atoms with van der Waals surface area (Å²) in [6, 6.07) is 0. The van der Waals surface area contributed by atoms with Gasteiger partial charge in [0.15, 0.2) is 0 Å². The van der Waals surface area contributed by atoms with Crippen LogP contribution in [0.3, 0.4) is 0 Å². The molecule has 1 rings (SSSR count). The monoisotopic (exact) mass is 256 g/mol. The van der Waals surface area contributed by atoms with E-state index in [0.29, 0.717) is 0 Å². The van der Waals surface area contributed by atoms with Gasteiger partial charge in [0.2, 0.25) is 0 Å². The summed E-state index contributed by atoms with van der Waals surface area (Å²) >= 11 is 0. The molecule has 0 aromatic carbocycles. The van der Waals surface area contributed by atoms with Gasteiger partial charge in [0.05, 0.1) is 5.54 Å². The number of hydrogen-bond acceptors (Lipinski definition) is 4. The highest BCUT2D eigenvalue weighted by Gasteiger charge is 2.47. The number of rotatable bonds is 3. The lowest BCUT2D eigenvalue weighted by atomic mass is 10.1. The third kappa shape index (κ3) is 4.77. The van der Waals surface area contributed by atoms with Crippen molar-refractivity contribution >= 4 is 12.9 Å². The highest BCUT2D eigenvalue weighted by atomic mass is 16.6. The van der Waals surface area contributed by atoms with Gasteiger partial charge in [0, 0.05) is 12.7 Å². The first kappa shape index (κ1) is 16.5. The van der Waals surface area contributed by atoms with E-state index in [4.69, 9.17) is 9.53 Å². The molecule has 0 saturated heterocycles. The van der Waals surface area contributed by atoms with Crippen LogP contribution in [-0.2, 0) is 9.53 Å². The van der Waals surface area contributed by atoms with Crippen LogP contribution in [0.2, 0.25) is 0 Å². The van der Waals surface area contributed by atoms with Crippen LogP contribution in [-0.4, -0.2) is 31.1 Å². The van der Waals surface area contributed by atoms with Crippen LogP contribution in [0.25, 0.3) is 0 Å². The molecule has 5 nitrogen and oxygen atoms in total. The van der Waals surface area contributed by atoms with Crippen LogP contribution in [0.1, 0.15) is 40.5 Å². The van der Waals surface area contributed by atoms with Crippen molar-refractivity contribution in [3.63, 3.8) is 0 Å². The fourth-order valence-corrected chi connectivity index (χ4v) is 1.75. The molecule has 0 unspecified atom stereocenters. The maximum atomic E-state index is 11.7. The summed E-state index contributed by atoms with van der Waals surface area (Å²) in [4.78, 5) is 19.7. The van der Waals surface area contributed by atoms with Crippen molar-refractivity contribution in [2.45, 2.75) is 51.7 Å². The molecule has 0 aromatic rings. The second kappa shape index (κ2) is 6.42. The minimum Gasteiger partial charge on any atom is -0.444 e. The Labute approximate surface area is 109 Å². The Kier molecular flexibility index (Phi) is 5.88. The SMILES string of the molecule is C/C=C(/NC)C1(NC(=O)OC(C)(C)C)CC1.C=O. The van der Waals surface area contributed by atoms with Crippen molar-refractivity contribution < 1.29 is 14.3 Å². The quantitative estimate of drug-likeness (QED) is 0.810. The van der Waals surface area contributed by atoms with E-state index in [1.54, 1.807) is 0 Å². The summed E-state index contributed by atoms with van der Waals surface area (Å²) in [6.45, 7) is 9.55. The Bertz CT molecular complexity index is 315. The predicted octanol–water partition coefficient (Wildman–Crippen LogP) is 1.98. The van der Waals surface area contributed by atoms with Gasteiger partial charge in [-0.15, -0.1) is 0 Å². The lowest BCUT2D eigenvalue weighted by molar-refractivity contribution is -0.0980. The van der Waals surface area contributed by atoms with Crippen molar-refractivity contribution in [1.82, 2.24) is 10.6 Å². The van der Waals surface area contributed by atoms with E-state index in [1.165, 1.54) is 0 Å². The number of nitrogens with one attached hydrogen (secondary N) is 2. The third-order valence-electron chi connectivity index (χ3n) is 2.56. The number of carbonyl (C=O) groups is 2. The molecule has 1 fully saturated rings. The van der Waals surface area contributed by atoms with Crippen LogP contribution in [0.5, 0.6) is 0 Å². The molecule has 2 N–H and O–H groups in total. The number of amides is 1. The summed E-state index contributed by atoms with van der Waals surface area (Å²) in [7, 11) is 1.87. The lowest BCUT2D eigenvalue weighted by Gasteiger charge is -2.24. The van der Waals surface area contributed by atoms with Crippen LogP contribution < -0.4 is 10.6 Å². The maximum absolute atomic E-state index is 11.7. The highest BCUT2D eigenvalue weighted by Crippen LogP contribution is 2.41. The highest BCUT2D eigenvalue weighted by molar-refractivity contribution is 5.70. The van der Waals surface area contributed by atoms with Gasteiger partial charge in [-0.25, -0.2) is 4.79 Å². The van der Waals surface area contributed by atoms with E-state index in [-0.39, 0.29) is 11.6 Å². The number of ether oxygens (including phenoxy) is 1. The van der Waals surface area contributed by atoms with E-state index < -0.39 is 5.60 Å². The van der Waals surface area contributed by atoms with Gasteiger partial charge in [0.25, 0.3) is 0 Å². The van der Waals surface area contributed by atoms with Gasteiger partial charge < -0.3 is 20.2 Å². The first-order valence-electron chi connectivity index (χ1n) is 5.97. The smallest absolute Gasteiger partial charge is 0.408 e.